The Hall–Kier alpha value is -0.550. The number of hydrogen-bond donors (Lipinski definition) is 1. The zero-order chi connectivity index (χ0) is 14.3. The predicted molar refractivity (Wildman–Crippen MR) is 88.2 cm³/mol. The average molecular weight is 418 g/mol. The van der Waals surface area contributed by atoms with Crippen molar-refractivity contribution >= 4 is 43.5 Å². The summed E-state index contributed by atoms with van der Waals surface area (Å²) in [5, 5.41) is 0.688. The molecule has 2 aromatic rings. The van der Waals surface area contributed by atoms with Gasteiger partial charge in [0, 0.05) is 32.0 Å². The molecule has 2 aromatic carbocycles. The van der Waals surface area contributed by atoms with Crippen molar-refractivity contribution in [1.82, 2.24) is 0 Å². The average Bonchev–Trinajstić information content (AvgIpc) is 2.42. The standard InChI is InChI=1S/C15H12Br2ClNO/c16-11-3-1-8(5-12(11)17)15-7-13(19)10-6-9(18)2-4-14(10)20-15/h1-6,13,15H,7,19H2. The number of fused-ring (bicyclic) bond motifs is 1. The van der Waals surface area contributed by atoms with E-state index in [1.165, 1.54) is 0 Å². The van der Waals surface area contributed by atoms with Crippen LogP contribution in [0.15, 0.2) is 45.3 Å². The van der Waals surface area contributed by atoms with Crippen LogP contribution in [0, 0.1) is 0 Å². The van der Waals surface area contributed by atoms with E-state index in [-0.39, 0.29) is 12.1 Å². The topological polar surface area (TPSA) is 35.2 Å². The van der Waals surface area contributed by atoms with Crippen molar-refractivity contribution in [2.24, 2.45) is 5.73 Å². The zero-order valence-corrected chi connectivity index (χ0v) is 14.4. The van der Waals surface area contributed by atoms with Gasteiger partial charge in [0.1, 0.15) is 11.9 Å². The first kappa shape index (κ1) is 14.4. The number of benzene rings is 2. The highest BCUT2D eigenvalue weighted by molar-refractivity contribution is 9.13. The number of ether oxygens (including phenoxy) is 1. The first-order valence-corrected chi connectivity index (χ1v) is 8.17. The smallest absolute Gasteiger partial charge is 0.126 e. The quantitative estimate of drug-likeness (QED) is 0.675. The third kappa shape index (κ3) is 2.75. The lowest BCUT2D eigenvalue weighted by Crippen LogP contribution is -2.24. The Labute approximate surface area is 139 Å². The van der Waals surface area contributed by atoms with Crippen molar-refractivity contribution in [2.45, 2.75) is 18.6 Å². The molecular formula is C15H12Br2ClNO. The highest BCUT2D eigenvalue weighted by Gasteiger charge is 2.27. The molecule has 0 bridgehead atoms. The molecule has 2 unspecified atom stereocenters. The van der Waals surface area contributed by atoms with Crippen LogP contribution in [0.2, 0.25) is 5.02 Å². The summed E-state index contributed by atoms with van der Waals surface area (Å²) in [5.41, 5.74) is 8.34. The lowest BCUT2D eigenvalue weighted by molar-refractivity contribution is 0.161. The van der Waals surface area contributed by atoms with Gasteiger partial charge in [-0.2, -0.15) is 0 Å². The van der Waals surface area contributed by atoms with E-state index in [0.29, 0.717) is 5.02 Å². The molecule has 20 heavy (non-hydrogen) atoms. The lowest BCUT2D eigenvalue weighted by Gasteiger charge is -2.30. The Bertz CT molecular complexity index is 662. The second-order valence-corrected chi connectivity index (χ2v) is 6.95. The van der Waals surface area contributed by atoms with Gasteiger partial charge in [-0.3, -0.25) is 0 Å². The summed E-state index contributed by atoms with van der Waals surface area (Å²) in [6, 6.07) is 11.6. The van der Waals surface area contributed by atoms with Gasteiger partial charge in [0.2, 0.25) is 0 Å². The van der Waals surface area contributed by atoms with E-state index < -0.39 is 0 Å². The van der Waals surface area contributed by atoms with Crippen molar-refractivity contribution in [2.75, 3.05) is 0 Å². The van der Waals surface area contributed by atoms with Crippen molar-refractivity contribution in [3.05, 3.63) is 61.5 Å². The van der Waals surface area contributed by atoms with Gasteiger partial charge in [-0.25, -0.2) is 0 Å². The van der Waals surface area contributed by atoms with Crippen LogP contribution in [0.3, 0.4) is 0 Å². The van der Waals surface area contributed by atoms with E-state index in [9.17, 15) is 0 Å². The Balaban J connectivity index is 1.94. The number of halogens is 3. The summed E-state index contributed by atoms with van der Waals surface area (Å²) >= 11 is 13.0. The Kier molecular flexibility index (Phi) is 4.09. The molecule has 1 aliphatic heterocycles. The molecule has 0 amide bonds. The fourth-order valence-electron chi connectivity index (χ4n) is 2.39. The van der Waals surface area contributed by atoms with Gasteiger partial charge in [-0.15, -0.1) is 0 Å². The minimum atomic E-state index is -0.0649. The molecule has 0 aliphatic carbocycles. The molecule has 1 aliphatic rings. The van der Waals surface area contributed by atoms with Gasteiger partial charge < -0.3 is 10.5 Å². The molecule has 0 saturated carbocycles. The van der Waals surface area contributed by atoms with Gasteiger partial charge in [0.15, 0.2) is 0 Å². The molecule has 3 rings (SSSR count). The summed E-state index contributed by atoms with van der Waals surface area (Å²) in [5.74, 6) is 0.817. The molecule has 104 valence electrons. The summed E-state index contributed by atoms with van der Waals surface area (Å²) in [6.45, 7) is 0. The van der Waals surface area contributed by atoms with Crippen LogP contribution in [0.5, 0.6) is 5.75 Å². The monoisotopic (exact) mass is 415 g/mol. The molecule has 1 heterocycles. The Morgan fingerprint density at radius 2 is 1.90 bits per heavy atom. The van der Waals surface area contributed by atoms with Crippen molar-refractivity contribution in [3.8, 4) is 5.75 Å². The van der Waals surface area contributed by atoms with Gasteiger partial charge in [-0.1, -0.05) is 17.7 Å². The molecule has 0 spiro atoms. The maximum atomic E-state index is 6.25. The van der Waals surface area contributed by atoms with Crippen molar-refractivity contribution < 1.29 is 4.74 Å². The summed E-state index contributed by atoms with van der Waals surface area (Å²) in [4.78, 5) is 0. The highest BCUT2D eigenvalue weighted by Crippen LogP contribution is 2.41. The molecule has 2 atom stereocenters. The first-order valence-electron chi connectivity index (χ1n) is 6.21. The van der Waals surface area contributed by atoms with Gasteiger partial charge in [0.05, 0.1) is 0 Å². The van der Waals surface area contributed by atoms with E-state index >= 15 is 0 Å². The fraction of sp³-hybridized carbons (Fsp3) is 0.200. The molecule has 2 N–H and O–H groups in total. The number of rotatable bonds is 1. The summed E-state index contributed by atoms with van der Waals surface area (Å²) in [6.07, 6.45) is 0.699. The molecule has 0 aromatic heterocycles. The molecule has 2 nitrogen and oxygen atoms in total. The normalized spacial score (nSPS) is 21.2. The number of hydrogen-bond acceptors (Lipinski definition) is 2. The molecular weight excluding hydrogens is 405 g/mol. The Morgan fingerprint density at radius 1 is 1.10 bits per heavy atom. The van der Waals surface area contributed by atoms with E-state index in [1.807, 2.05) is 30.3 Å². The Morgan fingerprint density at radius 3 is 2.65 bits per heavy atom. The van der Waals surface area contributed by atoms with Crippen LogP contribution < -0.4 is 10.5 Å². The fourth-order valence-corrected chi connectivity index (χ4v) is 3.22. The van der Waals surface area contributed by atoms with E-state index in [2.05, 4.69) is 37.9 Å². The molecule has 0 fully saturated rings. The third-order valence-corrected chi connectivity index (χ3v) is 5.54. The lowest BCUT2D eigenvalue weighted by atomic mass is 9.94. The maximum Gasteiger partial charge on any atom is 0.126 e. The highest BCUT2D eigenvalue weighted by atomic mass is 79.9. The van der Waals surface area contributed by atoms with Crippen molar-refractivity contribution in [1.29, 1.82) is 0 Å². The second kappa shape index (κ2) is 5.68. The zero-order valence-electron chi connectivity index (χ0n) is 10.4. The molecule has 0 radical (unpaired) electrons. The minimum absolute atomic E-state index is 0.0388. The van der Waals surface area contributed by atoms with Gasteiger partial charge >= 0.3 is 0 Å². The van der Waals surface area contributed by atoms with Crippen LogP contribution in [0.25, 0.3) is 0 Å². The van der Waals surface area contributed by atoms with E-state index in [1.54, 1.807) is 0 Å². The maximum absolute atomic E-state index is 6.25. The van der Waals surface area contributed by atoms with E-state index in [4.69, 9.17) is 22.1 Å². The van der Waals surface area contributed by atoms with Crippen LogP contribution in [-0.2, 0) is 0 Å². The first-order chi connectivity index (χ1) is 9.54. The molecule has 0 saturated heterocycles. The van der Waals surface area contributed by atoms with Crippen molar-refractivity contribution in [3.63, 3.8) is 0 Å². The SMILES string of the molecule is NC1CC(c2ccc(Br)c(Br)c2)Oc2ccc(Cl)cc21. The second-order valence-electron chi connectivity index (χ2n) is 4.80. The number of nitrogens with two attached hydrogens (primary N) is 1. The molecule has 5 heteroatoms. The van der Waals surface area contributed by atoms with Gasteiger partial charge in [-0.05, 0) is 67.8 Å². The predicted octanol–water partition coefficient (Wildman–Crippen LogP) is 5.39. The summed E-state index contributed by atoms with van der Waals surface area (Å²) < 4.78 is 8.09. The van der Waals surface area contributed by atoms with Crippen LogP contribution >= 0.6 is 43.5 Å². The summed E-state index contributed by atoms with van der Waals surface area (Å²) in [7, 11) is 0. The van der Waals surface area contributed by atoms with Gasteiger partial charge in [0.25, 0.3) is 0 Å². The largest absolute Gasteiger partial charge is 0.485 e. The van der Waals surface area contributed by atoms with Crippen LogP contribution in [0.1, 0.15) is 29.7 Å². The van der Waals surface area contributed by atoms with Crippen LogP contribution in [0.4, 0.5) is 0 Å². The van der Waals surface area contributed by atoms with E-state index in [0.717, 1.165) is 32.2 Å². The third-order valence-electron chi connectivity index (χ3n) is 3.42. The van der Waals surface area contributed by atoms with Crippen LogP contribution in [-0.4, -0.2) is 0 Å². The minimum Gasteiger partial charge on any atom is -0.485 e.